The van der Waals surface area contributed by atoms with Crippen LogP contribution >= 0.6 is 11.3 Å². The van der Waals surface area contributed by atoms with Crippen LogP contribution in [0.5, 0.6) is 0 Å². The summed E-state index contributed by atoms with van der Waals surface area (Å²) in [6, 6.07) is 16.2. The second kappa shape index (κ2) is 9.90. The summed E-state index contributed by atoms with van der Waals surface area (Å²) in [4.78, 5) is 19.0. The smallest absolute Gasteiger partial charge is 0.255 e. The van der Waals surface area contributed by atoms with E-state index in [0.717, 1.165) is 22.7 Å². The van der Waals surface area contributed by atoms with Gasteiger partial charge in [-0.1, -0.05) is 24.3 Å². The van der Waals surface area contributed by atoms with E-state index in [1.54, 1.807) is 29.2 Å². The van der Waals surface area contributed by atoms with E-state index in [0.29, 0.717) is 30.0 Å². The Balaban J connectivity index is 1.48. The van der Waals surface area contributed by atoms with Crippen molar-refractivity contribution in [3.8, 4) is 0 Å². The second-order valence-electron chi connectivity index (χ2n) is 8.30. The van der Waals surface area contributed by atoms with Crippen LogP contribution in [0.15, 0.2) is 60.0 Å². The fraction of sp³-hybridized carbons (Fsp3) is 0.292. The highest BCUT2D eigenvalue weighted by Crippen LogP contribution is 2.40. The summed E-state index contributed by atoms with van der Waals surface area (Å²) in [6.07, 6.45) is -1.87. The highest BCUT2D eigenvalue weighted by atomic mass is 32.1. The molecular weight excluding hydrogens is 438 g/mol. The molecule has 4 rings (SSSR count). The average molecular weight is 468 g/mol. The van der Waals surface area contributed by atoms with Gasteiger partial charge in [-0.15, -0.1) is 11.3 Å². The van der Waals surface area contributed by atoms with Crippen molar-refractivity contribution in [2.75, 3.05) is 43.1 Å². The number of benzene rings is 2. The van der Waals surface area contributed by atoms with Crippen LogP contribution < -0.4 is 16.0 Å². The maximum atomic E-state index is 12.6. The zero-order valence-corrected chi connectivity index (χ0v) is 19.5. The number of amides is 1. The highest BCUT2D eigenvalue weighted by molar-refractivity contribution is 7.10. The summed E-state index contributed by atoms with van der Waals surface area (Å²) in [7, 11) is 3.97. The molecule has 2 atom stereocenters. The van der Waals surface area contributed by atoms with Crippen LogP contribution in [-0.2, 0) is 6.54 Å². The van der Waals surface area contributed by atoms with Gasteiger partial charge in [-0.3, -0.25) is 4.79 Å². The predicted octanol–water partition coefficient (Wildman–Crippen LogP) is 2.73. The van der Waals surface area contributed by atoms with Gasteiger partial charge in [0, 0.05) is 25.2 Å². The SMILES string of the molecule is CN(C)CCN1c2ccsc2C(O)N(Cc2ccc(C(=O)Nc3ccccc3N)cc2)C1O. The van der Waals surface area contributed by atoms with Gasteiger partial charge in [0.05, 0.1) is 21.9 Å². The normalized spacial score (nSPS) is 18.4. The van der Waals surface area contributed by atoms with Gasteiger partial charge in [0.25, 0.3) is 5.91 Å². The van der Waals surface area contributed by atoms with Gasteiger partial charge in [-0.05, 0) is 55.4 Å². The van der Waals surface area contributed by atoms with Crippen molar-refractivity contribution in [1.82, 2.24) is 9.80 Å². The molecule has 0 saturated heterocycles. The van der Waals surface area contributed by atoms with Crippen molar-refractivity contribution < 1.29 is 15.0 Å². The van der Waals surface area contributed by atoms with E-state index in [2.05, 4.69) is 10.2 Å². The van der Waals surface area contributed by atoms with Gasteiger partial charge < -0.3 is 31.1 Å². The molecule has 5 N–H and O–H groups in total. The Hall–Kier alpha value is -2.95. The number of likely N-dealkylation sites (N-methyl/N-ethyl adjacent to an activating group) is 1. The summed E-state index contributed by atoms with van der Waals surface area (Å²) in [5.74, 6) is -0.254. The number of fused-ring (bicyclic) bond motifs is 1. The molecule has 2 heterocycles. The number of carbonyl (C=O) groups excluding carboxylic acids is 1. The number of thiophene rings is 1. The number of hydrogen-bond donors (Lipinski definition) is 4. The number of para-hydroxylation sites is 2. The molecule has 0 spiro atoms. The monoisotopic (exact) mass is 467 g/mol. The summed E-state index contributed by atoms with van der Waals surface area (Å²) < 4.78 is 0. The summed E-state index contributed by atoms with van der Waals surface area (Å²) in [6.45, 7) is 1.72. The molecule has 0 radical (unpaired) electrons. The Morgan fingerprint density at radius 1 is 1.12 bits per heavy atom. The van der Waals surface area contributed by atoms with Crippen LogP contribution in [0.3, 0.4) is 0 Å². The maximum Gasteiger partial charge on any atom is 0.255 e. The van der Waals surface area contributed by atoms with Gasteiger partial charge in [-0.25, -0.2) is 4.90 Å². The van der Waals surface area contributed by atoms with Crippen molar-refractivity contribution >= 4 is 34.3 Å². The first kappa shape index (κ1) is 23.2. The van der Waals surface area contributed by atoms with Crippen molar-refractivity contribution in [3.05, 3.63) is 76.0 Å². The molecule has 8 nitrogen and oxygen atoms in total. The molecule has 1 aliphatic heterocycles. The second-order valence-corrected chi connectivity index (χ2v) is 9.25. The lowest BCUT2D eigenvalue weighted by Gasteiger charge is -2.44. The van der Waals surface area contributed by atoms with E-state index in [-0.39, 0.29) is 5.91 Å². The lowest BCUT2D eigenvalue weighted by atomic mass is 10.1. The van der Waals surface area contributed by atoms with E-state index >= 15 is 0 Å². The predicted molar refractivity (Wildman–Crippen MR) is 132 cm³/mol. The fourth-order valence-corrected chi connectivity index (χ4v) is 4.72. The molecule has 174 valence electrons. The number of aliphatic hydroxyl groups excluding tert-OH is 2. The molecular formula is C24H29N5O3S. The molecule has 3 aromatic rings. The van der Waals surface area contributed by atoms with Crippen molar-refractivity contribution in [3.63, 3.8) is 0 Å². The Kier molecular flexibility index (Phi) is 6.96. The van der Waals surface area contributed by atoms with Gasteiger partial charge in [0.15, 0.2) is 6.35 Å². The van der Waals surface area contributed by atoms with Crippen molar-refractivity contribution in [1.29, 1.82) is 0 Å². The van der Waals surface area contributed by atoms with Crippen LogP contribution in [-0.4, -0.2) is 59.5 Å². The van der Waals surface area contributed by atoms with E-state index in [1.807, 2.05) is 54.7 Å². The van der Waals surface area contributed by atoms with E-state index < -0.39 is 12.6 Å². The van der Waals surface area contributed by atoms with Crippen LogP contribution in [0.1, 0.15) is 27.0 Å². The number of nitrogens with two attached hydrogens (primary N) is 1. The molecule has 2 aromatic carbocycles. The minimum absolute atomic E-state index is 0.254. The topological polar surface area (TPSA) is 105 Å². The molecule has 0 bridgehead atoms. The minimum atomic E-state index is -0.967. The largest absolute Gasteiger partial charge is 0.397 e. The van der Waals surface area contributed by atoms with Crippen LogP contribution in [0, 0.1) is 0 Å². The summed E-state index contributed by atoms with van der Waals surface area (Å²) >= 11 is 1.48. The summed E-state index contributed by atoms with van der Waals surface area (Å²) in [5, 5.41) is 26.8. The number of nitrogen functional groups attached to an aromatic ring is 1. The Morgan fingerprint density at radius 2 is 1.85 bits per heavy atom. The summed E-state index contributed by atoms with van der Waals surface area (Å²) in [5.41, 5.74) is 9.20. The number of rotatable bonds is 7. The lowest BCUT2D eigenvalue weighted by Crippen LogP contribution is -2.54. The first-order valence-corrected chi connectivity index (χ1v) is 11.6. The van der Waals surface area contributed by atoms with Gasteiger partial charge in [0.2, 0.25) is 0 Å². The zero-order valence-electron chi connectivity index (χ0n) is 18.7. The Bertz CT molecular complexity index is 1100. The first-order chi connectivity index (χ1) is 15.8. The average Bonchev–Trinajstić information content (AvgIpc) is 3.28. The third-order valence-electron chi connectivity index (χ3n) is 5.69. The van der Waals surface area contributed by atoms with Gasteiger partial charge in [0.1, 0.15) is 6.23 Å². The van der Waals surface area contributed by atoms with E-state index in [4.69, 9.17) is 5.73 Å². The lowest BCUT2D eigenvalue weighted by molar-refractivity contribution is -0.117. The standard InChI is InChI=1S/C24H29N5O3S/c1-27(2)12-13-28-20-11-14-33-21(20)23(31)29(24(28)32)15-16-7-9-17(10-8-16)22(30)26-19-6-4-3-5-18(19)25/h3-11,14,23-24,31-32H,12-13,15,25H2,1-2H3,(H,26,30). The quantitative estimate of drug-likeness (QED) is 0.396. The molecule has 1 aliphatic rings. The van der Waals surface area contributed by atoms with Gasteiger partial charge >= 0.3 is 0 Å². The van der Waals surface area contributed by atoms with E-state index in [9.17, 15) is 15.0 Å². The number of hydrogen-bond acceptors (Lipinski definition) is 8. The third-order valence-corrected chi connectivity index (χ3v) is 6.63. The zero-order chi connectivity index (χ0) is 23.5. The van der Waals surface area contributed by atoms with E-state index in [1.165, 1.54) is 11.3 Å². The molecule has 0 fully saturated rings. The van der Waals surface area contributed by atoms with Crippen LogP contribution in [0.4, 0.5) is 17.1 Å². The maximum absolute atomic E-state index is 12.6. The number of aliphatic hydroxyl groups is 2. The first-order valence-electron chi connectivity index (χ1n) is 10.7. The van der Waals surface area contributed by atoms with Crippen molar-refractivity contribution in [2.45, 2.75) is 19.1 Å². The van der Waals surface area contributed by atoms with Crippen LogP contribution in [0.2, 0.25) is 0 Å². The molecule has 1 amide bonds. The Morgan fingerprint density at radius 3 is 2.55 bits per heavy atom. The molecule has 9 heteroatoms. The molecule has 2 unspecified atom stereocenters. The fourth-order valence-electron chi connectivity index (χ4n) is 3.81. The number of nitrogens with one attached hydrogen (secondary N) is 1. The van der Waals surface area contributed by atoms with Gasteiger partial charge in [-0.2, -0.15) is 0 Å². The number of carbonyl (C=O) groups is 1. The molecule has 0 saturated carbocycles. The number of anilines is 3. The highest BCUT2D eigenvalue weighted by Gasteiger charge is 2.38. The van der Waals surface area contributed by atoms with Crippen molar-refractivity contribution in [2.24, 2.45) is 0 Å². The van der Waals surface area contributed by atoms with Crippen LogP contribution in [0.25, 0.3) is 0 Å². The Labute approximate surface area is 197 Å². The minimum Gasteiger partial charge on any atom is -0.397 e. The molecule has 1 aromatic heterocycles. The number of nitrogens with zero attached hydrogens (tertiary/aromatic N) is 3. The molecule has 0 aliphatic carbocycles. The molecule has 33 heavy (non-hydrogen) atoms. The third kappa shape index (κ3) is 5.02.